The molecule has 0 amide bonds. The van der Waals surface area contributed by atoms with Crippen molar-refractivity contribution in [1.82, 2.24) is 24.3 Å². The van der Waals surface area contributed by atoms with Crippen LogP contribution in [0, 0.1) is 0 Å². The summed E-state index contributed by atoms with van der Waals surface area (Å²) in [4.78, 5) is 15.2. The zero-order valence-electron chi connectivity index (χ0n) is 11.8. The second kappa shape index (κ2) is 5.26. The average molecular weight is 279 g/mol. The Balaban J connectivity index is 1.52. The Kier molecular flexibility index (Phi) is 3.12. The van der Waals surface area contributed by atoms with E-state index in [-0.39, 0.29) is 0 Å². The van der Waals surface area contributed by atoms with Crippen molar-refractivity contribution in [3.05, 3.63) is 60.4 Å². The summed E-state index contributed by atoms with van der Waals surface area (Å²) in [5, 5.41) is 0. The highest BCUT2D eigenvalue weighted by Gasteiger charge is 2.25. The summed E-state index contributed by atoms with van der Waals surface area (Å²) in [5.41, 5.74) is 2.59. The second-order valence-corrected chi connectivity index (χ2v) is 5.55. The van der Waals surface area contributed by atoms with Gasteiger partial charge in [-0.1, -0.05) is 6.07 Å². The SMILES string of the molecule is c1cncc(CN2CCC(c3ccnc4nccn34)C2)c1. The lowest BCUT2D eigenvalue weighted by Gasteiger charge is -2.16. The van der Waals surface area contributed by atoms with Crippen molar-refractivity contribution in [2.45, 2.75) is 18.9 Å². The number of rotatable bonds is 3. The van der Waals surface area contributed by atoms with Gasteiger partial charge in [0.2, 0.25) is 5.78 Å². The maximum absolute atomic E-state index is 4.29. The number of pyridine rings is 1. The van der Waals surface area contributed by atoms with Gasteiger partial charge in [-0.3, -0.25) is 14.3 Å². The van der Waals surface area contributed by atoms with Gasteiger partial charge in [0.25, 0.3) is 0 Å². The number of likely N-dealkylation sites (tertiary alicyclic amines) is 1. The van der Waals surface area contributed by atoms with Gasteiger partial charge in [-0.15, -0.1) is 0 Å². The fourth-order valence-electron chi connectivity index (χ4n) is 3.15. The van der Waals surface area contributed by atoms with Crippen LogP contribution in [-0.2, 0) is 6.54 Å². The molecule has 3 aromatic heterocycles. The van der Waals surface area contributed by atoms with E-state index in [2.05, 4.69) is 36.4 Å². The van der Waals surface area contributed by atoms with Crippen LogP contribution < -0.4 is 0 Å². The van der Waals surface area contributed by atoms with Gasteiger partial charge in [0, 0.05) is 55.7 Å². The second-order valence-electron chi connectivity index (χ2n) is 5.55. The molecule has 106 valence electrons. The molecule has 0 saturated carbocycles. The van der Waals surface area contributed by atoms with Crippen molar-refractivity contribution in [3.63, 3.8) is 0 Å². The smallest absolute Gasteiger partial charge is 0.233 e. The molecule has 0 bridgehead atoms. The molecule has 4 rings (SSSR count). The molecular formula is C16H17N5. The van der Waals surface area contributed by atoms with Crippen molar-refractivity contribution in [2.24, 2.45) is 0 Å². The number of fused-ring (bicyclic) bond motifs is 1. The zero-order chi connectivity index (χ0) is 14.1. The van der Waals surface area contributed by atoms with E-state index in [4.69, 9.17) is 0 Å². The number of nitrogens with zero attached hydrogens (tertiary/aromatic N) is 5. The lowest BCUT2D eigenvalue weighted by atomic mass is 10.0. The van der Waals surface area contributed by atoms with Gasteiger partial charge in [-0.2, -0.15) is 0 Å². The minimum absolute atomic E-state index is 0.543. The topological polar surface area (TPSA) is 46.3 Å². The molecule has 0 radical (unpaired) electrons. The Morgan fingerprint density at radius 1 is 1.14 bits per heavy atom. The number of hydrogen-bond donors (Lipinski definition) is 0. The Bertz CT molecular complexity index is 737. The van der Waals surface area contributed by atoms with E-state index in [9.17, 15) is 0 Å². The Morgan fingerprint density at radius 3 is 3.00 bits per heavy atom. The minimum atomic E-state index is 0.543. The quantitative estimate of drug-likeness (QED) is 0.736. The van der Waals surface area contributed by atoms with Crippen LogP contribution in [0.25, 0.3) is 5.78 Å². The maximum atomic E-state index is 4.29. The molecule has 5 heteroatoms. The predicted octanol–water partition coefficient (Wildman–Crippen LogP) is 2.11. The van der Waals surface area contributed by atoms with Gasteiger partial charge >= 0.3 is 0 Å². The van der Waals surface area contributed by atoms with Gasteiger partial charge in [-0.25, -0.2) is 9.97 Å². The summed E-state index contributed by atoms with van der Waals surface area (Å²) in [6, 6.07) is 6.26. The molecular weight excluding hydrogens is 262 g/mol. The van der Waals surface area contributed by atoms with Crippen LogP contribution in [0.15, 0.2) is 49.2 Å². The summed E-state index contributed by atoms with van der Waals surface area (Å²) in [5.74, 6) is 1.33. The molecule has 1 saturated heterocycles. The van der Waals surface area contributed by atoms with Crippen LogP contribution in [0.3, 0.4) is 0 Å². The fourth-order valence-corrected chi connectivity index (χ4v) is 3.15. The lowest BCUT2D eigenvalue weighted by Crippen LogP contribution is -2.20. The third-order valence-electron chi connectivity index (χ3n) is 4.15. The first-order valence-corrected chi connectivity index (χ1v) is 7.29. The van der Waals surface area contributed by atoms with Gasteiger partial charge in [0.1, 0.15) is 0 Å². The van der Waals surface area contributed by atoms with Crippen LogP contribution in [-0.4, -0.2) is 37.3 Å². The molecule has 0 spiro atoms. The van der Waals surface area contributed by atoms with Gasteiger partial charge in [0.05, 0.1) is 0 Å². The largest absolute Gasteiger partial charge is 0.298 e. The highest BCUT2D eigenvalue weighted by atomic mass is 15.2. The standard InChI is InChI=1S/C16H17N5/c1-2-13(10-17-5-1)11-20-8-4-14(12-20)15-3-6-18-16-19-7-9-21(15)16/h1-3,5-7,9-10,14H,4,8,11-12H2. The van der Waals surface area contributed by atoms with Crippen LogP contribution in [0.4, 0.5) is 0 Å². The van der Waals surface area contributed by atoms with Crippen molar-refractivity contribution in [3.8, 4) is 0 Å². The van der Waals surface area contributed by atoms with Crippen LogP contribution in [0.5, 0.6) is 0 Å². The summed E-state index contributed by atoms with van der Waals surface area (Å²) >= 11 is 0. The van der Waals surface area contributed by atoms with Gasteiger partial charge in [-0.05, 0) is 30.7 Å². The molecule has 0 aliphatic carbocycles. The van der Waals surface area contributed by atoms with Gasteiger partial charge < -0.3 is 0 Å². The van der Waals surface area contributed by atoms with Crippen LogP contribution in [0.1, 0.15) is 23.6 Å². The monoisotopic (exact) mass is 279 g/mol. The highest BCUT2D eigenvalue weighted by Crippen LogP contribution is 2.28. The molecule has 1 atom stereocenters. The summed E-state index contributed by atoms with van der Waals surface area (Å²) in [7, 11) is 0. The number of hydrogen-bond acceptors (Lipinski definition) is 4. The molecule has 0 N–H and O–H groups in total. The number of imidazole rings is 1. The average Bonchev–Trinajstić information content (AvgIpc) is 3.16. The fraction of sp³-hybridized carbons (Fsp3) is 0.312. The summed E-state index contributed by atoms with van der Waals surface area (Å²) in [6.07, 6.45) is 10.6. The molecule has 3 aromatic rings. The molecule has 1 aliphatic heterocycles. The maximum Gasteiger partial charge on any atom is 0.233 e. The Hall–Kier alpha value is -2.27. The van der Waals surface area contributed by atoms with Crippen molar-refractivity contribution in [2.75, 3.05) is 13.1 Å². The Labute approximate surface area is 123 Å². The molecule has 1 aliphatic rings. The summed E-state index contributed by atoms with van der Waals surface area (Å²) in [6.45, 7) is 3.17. The normalized spacial score (nSPS) is 19.3. The minimum Gasteiger partial charge on any atom is -0.298 e. The van der Waals surface area contributed by atoms with E-state index in [0.29, 0.717) is 5.92 Å². The van der Waals surface area contributed by atoms with Crippen LogP contribution in [0.2, 0.25) is 0 Å². The van der Waals surface area contributed by atoms with E-state index in [0.717, 1.165) is 25.4 Å². The molecule has 21 heavy (non-hydrogen) atoms. The van der Waals surface area contributed by atoms with E-state index in [1.807, 2.05) is 37.1 Å². The van der Waals surface area contributed by atoms with Crippen molar-refractivity contribution in [1.29, 1.82) is 0 Å². The van der Waals surface area contributed by atoms with E-state index < -0.39 is 0 Å². The number of aromatic nitrogens is 4. The highest BCUT2D eigenvalue weighted by molar-refractivity contribution is 5.31. The lowest BCUT2D eigenvalue weighted by molar-refractivity contribution is 0.326. The first-order chi connectivity index (χ1) is 10.4. The predicted molar refractivity (Wildman–Crippen MR) is 79.9 cm³/mol. The molecule has 1 fully saturated rings. The first-order valence-electron chi connectivity index (χ1n) is 7.29. The first kappa shape index (κ1) is 12.5. The third kappa shape index (κ3) is 2.40. The van der Waals surface area contributed by atoms with Crippen LogP contribution >= 0.6 is 0 Å². The Morgan fingerprint density at radius 2 is 2.10 bits per heavy atom. The van der Waals surface area contributed by atoms with Gasteiger partial charge in [0.15, 0.2) is 0 Å². The molecule has 1 unspecified atom stereocenters. The van der Waals surface area contributed by atoms with Crippen molar-refractivity contribution < 1.29 is 0 Å². The van der Waals surface area contributed by atoms with E-state index >= 15 is 0 Å². The third-order valence-corrected chi connectivity index (χ3v) is 4.15. The molecule has 5 nitrogen and oxygen atoms in total. The van der Waals surface area contributed by atoms with Crippen molar-refractivity contribution >= 4 is 5.78 Å². The van der Waals surface area contributed by atoms with E-state index in [1.165, 1.54) is 17.7 Å². The zero-order valence-corrected chi connectivity index (χ0v) is 11.8. The molecule has 0 aromatic carbocycles. The van der Waals surface area contributed by atoms with E-state index in [1.54, 1.807) is 0 Å². The molecule has 4 heterocycles. The summed E-state index contributed by atoms with van der Waals surface area (Å²) < 4.78 is 2.11.